The van der Waals surface area contributed by atoms with Gasteiger partial charge in [0, 0.05) is 29.9 Å². The maximum atomic E-state index is 4.94. The Bertz CT molecular complexity index is 2310. The molecule has 0 amide bonds. The van der Waals surface area contributed by atoms with Gasteiger partial charge in [-0.1, -0.05) is 134 Å². The van der Waals surface area contributed by atoms with Gasteiger partial charge >= 0.3 is 0 Å². The van der Waals surface area contributed by atoms with E-state index >= 15 is 0 Å². The number of fused-ring (bicyclic) bond motifs is 3. The molecule has 0 aliphatic heterocycles. The third-order valence-corrected chi connectivity index (χ3v) is 13.5. The first kappa shape index (κ1) is 35.0. The molecule has 5 aromatic carbocycles. The molecule has 0 N–H and O–H groups in total. The van der Waals surface area contributed by atoms with Gasteiger partial charge in [-0.3, -0.25) is 0 Å². The van der Waals surface area contributed by atoms with Gasteiger partial charge in [-0.05, 0) is 134 Å². The first-order valence-electron chi connectivity index (χ1n) is 20.4. The quantitative estimate of drug-likeness (QED) is 0.178. The van der Waals surface area contributed by atoms with E-state index in [1.54, 1.807) is 11.1 Å². The molecule has 6 aromatic rings. The SMILES string of the molecule is CCc1nc(-c2ccc3c(c2)-c2ccc(-c4cc(-c5ccc(C(C)(C)C)cc5)cc(-c5ccc(C(C)(C)C)cc5)c4)cc2C24CCCC32CCC4)n(C)n1. The second-order valence-electron chi connectivity index (χ2n) is 18.7. The van der Waals surface area contributed by atoms with Crippen LogP contribution in [-0.4, -0.2) is 14.8 Å². The van der Waals surface area contributed by atoms with Crippen molar-refractivity contribution in [2.45, 2.75) is 115 Å². The van der Waals surface area contributed by atoms with Crippen molar-refractivity contribution < 1.29 is 0 Å². The van der Waals surface area contributed by atoms with Crippen LogP contribution in [0.4, 0.5) is 0 Å². The van der Waals surface area contributed by atoms with Gasteiger partial charge in [-0.15, -0.1) is 0 Å². The Balaban J connectivity index is 1.22. The maximum Gasteiger partial charge on any atom is 0.158 e. The average Bonchev–Trinajstić information content (AvgIpc) is 3.86. The summed E-state index contributed by atoms with van der Waals surface area (Å²) in [6, 6.07) is 40.5. The first-order chi connectivity index (χ1) is 25.8. The summed E-state index contributed by atoms with van der Waals surface area (Å²) in [6.07, 6.45) is 8.54. The molecule has 0 unspecified atom stereocenters. The van der Waals surface area contributed by atoms with E-state index in [2.05, 4.69) is 152 Å². The monoisotopic (exact) mass is 709 g/mol. The predicted molar refractivity (Wildman–Crippen MR) is 226 cm³/mol. The number of benzene rings is 5. The van der Waals surface area contributed by atoms with Crippen molar-refractivity contribution in [3.63, 3.8) is 0 Å². The highest BCUT2D eigenvalue weighted by atomic mass is 15.3. The molecule has 0 saturated heterocycles. The molecule has 0 bridgehead atoms. The minimum atomic E-state index is 0.116. The molecule has 1 aromatic heterocycles. The Morgan fingerprint density at radius 1 is 0.519 bits per heavy atom. The highest BCUT2D eigenvalue weighted by Gasteiger charge is 2.62. The van der Waals surface area contributed by atoms with E-state index in [1.165, 1.54) is 94.2 Å². The molecule has 9 rings (SSSR count). The molecule has 0 atom stereocenters. The van der Waals surface area contributed by atoms with Gasteiger partial charge in [0.25, 0.3) is 0 Å². The molecule has 3 aliphatic carbocycles. The van der Waals surface area contributed by atoms with Gasteiger partial charge in [-0.2, -0.15) is 5.10 Å². The summed E-state index contributed by atoms with van der Waals surface area (Å²) >= 11 is 0. The van der Waals surface area contributed by atoms with Crippen LogP contribution in [0.1, 0.15) is 115 Å². The lowest BCUT2D eigenvalue weighted by Gasteiger charge is -2.48. The van der Waals surface area contributed by atoms with Crippen LogP contribution in [0, 0.1) is 0 Å². The maximum absolute atomic E-state index is 4.94. The second kappa shape index (κ2) is 12.4. The Labute approximate surface area is 322 Å². The van der Waals surface area contributed by atoms with Crippen LogP contribution in [0.3, 0.4) is 0 Å². The summed E-state index contributed by atoms with van der Waals surface area (Å²) in [5.74, 6) is 1.85. The van der Waals surface area contributed by atoms with E-state index in [-0.39, 0.29) is 21.7 Å². The number of aromatic nitrogens is 3. The van der Waals surface area contributed by atoms with Gasteiger partial charge in [0.2, 0.25) is 0 Å². The largest absolute Gasteiger partial charge is 0.249 e. The number of aryl methyl sites for hydroxylation is 2. The molecular weight excluding hydrogens is 655 g/mol. The van der Waals surface area contributed by atoms with Crippen molar-refractivity contribution in [2.75, 3.05) is 0 Å². The smallest absolute Gasteiger partial charge is 0.158 e. The summed E-state index contributed by atoms with van der Waals surface area (Å²) in [5.41, 5.74) is 18.1. The third kappa shape index (κ3) is 5.44. The number of nitrogens with zero attached hydrogens (tertiary/aromatic N) is 3. The molecule has 2 fully saturated rings. The summed E-state index contributed by atoms with van der Waals surface area (Å²) < 4.78 is 1.96. The summed E-state index contributed by atoms with van der Waals surface area (Å²) in [6.45, 7) is 15.9. The van der Waals surface area contributed by atoms with Crippen LogP contribution in [0.25, 0.3) is 55.9 Å². The predicted octanol–water partition coefficient (Wildman–Crippen LogP) is 13.2. The molecule has 0 spiro atoms. The van der Waals surface area contributed by atoms with Crippen LogP contribution in [-0.2, 0) is 35.1 Å². The molecule has 3 heteroatoms. The average molecular weight is 710 g/mol. The highest BCUT2D eigenvalue weighted by Crippen LogP contribution is 2.69. The molecule has 54 heavy (non-hydrogen) atoms. The van der Waals surface area contributed by atoms with Crippen molar-refractivity contribution in [3.8, 4) is 55.9 Å². The van der Waals surface area contributed by atoms with E-state index in [1.807, 2.05) is 11.7 Å². The van der Waals surface area contributed by atoms with Gasteiger partial charge in [0.15, 0.2) is 11.6 Å². The summed E-state index contributed by atoms with van der Waals surface area (Å²) in [7, 11) is 2.03. The molecule has 3 nitrogen and oxygen atoms in total. The molecule has 1 heterocycles. The summed E-state index contributed by atoms with van der Waals surface area (Å²) in [5, 5.41) is 4.70. The van der Waals surface area contributed by atoms with E-state index in [4.69, 9.17) is 10.1 Å². The molecule has 2 saturated carbocycles. The Hall–Kier alpha value is -4.76. The van der Waals surface area contributed by atoms with Crippen LogP contribution in [0.5, 0.6) is 0 Å². The highest BCUT2D eigenvalue weighted by molar-refractivity contribution is 5.86. The van der Waals surface area contributed by atoms with Crippen LogP contribution < -0.4 is 0 Å². The fourth-order valence-corrected chi connectivity index (χ4v) is 10.6. The number of rotatable bonds is 5. The van der Waals surface area contributed by atoms with Gasteiger partial charge in [0.05, 0.1) is 0 Å². The standard InChI is InChI=1S/C51H55N3/c1-9-46-52-47(54(8)53-46)36-17-23-44-43(31-36)42-22-16-35(32-45(42)51-26-10-24-50(44,51)25-11-27-51)39-29-37(33-12-18-40(19-13-33)48(2,3)4)28-38(30-39)34-14-20-41(21-15-34)49(5,6)7/h12-23,28-32H,9-11,24-27H2,1-8H3. The summed E-state index contributed by atoms with van der Waals surface area (Å²) in [4.78, 5) is 4.94. The van der Waals surface area contributed by atoms with Gasteiger partial charge in [0.1, 0.15) is 0 Å². The fraction of sp³-hybridized carbons (Fsp3) is 0.373. The van der Waals surface area contributed by atoms with E-state index < -0.39 is 0 Å². The molecular formula is C51H55N3. The minimum absolute atomic E-state index is 0.116. The van der Waals surface area contributed by atoms with E-state index in [0.29, 0.717) is 0 Å². The van der Waals surface area contributed by atoms with Crippen LogP contribution >= 0.6 is 0 Å². The topological polar surface area (TPSA) is 30.7 Å². The molecule has 274 valence electrons. The molecule has 3 aliphatic rings. The van der Waals surface area contributed by atoms with Crippen molar-refractivity contribution in [2.24, 2.45) is 7.05 Å². The number of hydrogen-bond acceptors (Lipinski definition) is 2. The van der Waals surface area contributed by atoms with E-state index in [0.717, 1.165) is 23.6 Å². The lowest BCUT2D eigenvalue weighted by molar-refractivity contribution is 0.299. The van der Waals surface area contributed by atoms with Crippen LogP contribution in [0.2, 0.25) is 0 Å². The van der Waals surface area contributed by atoms with Crippen molar-refractivity contribution in [3.05, 3.63) is 131 Å². The van der Waals surface area contributed by atoms with Crippen molar-refractivity contribution >= 4 is 0 Å². The fourth-order valence-electron chi connectivity index (χ4n) is 10.6. The Morgan fingerprint density at radius 2 is 1.00 bits per heavy atom. The van der Waals surface area contributed by atoms with Crippen molar-refractivity contribution in [1.29, 1.82) is 0 Å². The van der Waals surface area contributed by atoms with Crippen molar-refractivity contribution in [1.82, 2.24) is 14.8 Å². The lowest BCUT2D eigenvalue weighted by Crippen LogP contribution is -2.43. The zero-order valence-electron chi connectivity index (χ0n) is 33.6. The minimum Gasteiger partial charge on any atom is -0.249 e. The first-order valence-corrected chi connectivity index (χ1v) is 20.4. The van der Waals surface area contributed by atoms with Crippen LogP contribution in [0.15, 0.2) is 103 Å². The third-order valence-electron chi connectivity index (χ3n) is 13.5. The lowest BCUT2D eigenvalue weighted by atomic mass is 9.55. The second-order valence-corrected chi connectivity index (χ2v) is 18.7. The van der Waals surface area contributed by atoms with E-state index in [9.17, 15) is 0 Å². The Kier molecular flexibility index (Phi) is 8.02. The van der Waals surface area contributed by atoms with Gasteiger partial charge in [-0.25, -0.2) is 9.67 Å². The zero-order chi connectivity index (χ0) is 37.6. The normalized spacial score (nSPS) is 20.4. The Morgan fingerprint density at radius 3 is 1.50 bits per heavy atom. The number of hydrogen-bond donors (Lipinski definition) is 0. The zero-order valence-corrected chi connectivity index (χ0v) is 33.6. The molecule has 0 radical (unpaired) electrons. The van der Waals surface area contributed by atoms with Gasteiger partial charge < -0.3 is 0 Å².